The molecule has 0 bridgehead atoms. The van der Waals surface area contributed by atoms with Crippen LogP contribution in [0.4, 0.5) is 4.79 Å². The Morgan fingerprint density at radius 3 is 2.51 bits per heavy atom. The van der Waals surface area contributed by atoms with Gasteiger partial charge < -0.3 is 35.8 Å². The van der Waals surface area contributed by atoms with E-state index in [-0.39, 0.29) is 37.7 Å². The third-order valence-corrected chi connectivity index (χ3v) is 8.66. The Balaban J connectivity index is 1.37. The van der Waals surface area contributed by atoms with E-state index in [0.717, 1.165) is 10.3 Å². The Bertz CT molecular complexity index is 1630. The van der Waals surface area contributed by atoms with Crippen molar-refractivity contribution in [3.63, 3.8) is 0 Å². The van der Waals surface area contributed by atoms with Crippen LogP contribution in [-0.2, 0) is 14.3 Å². The lowest BCUT2D eigenvalue weighted by Crippen LogP contribution is -2.78. The number of alkyl halides is 3. The molecule has 4 atom stereocenters. The van der Waals surface area contributed by atoms with Crippen molar-refractivity contribution < 1.29 is 34.1 Å². The summed E-state index contributed by atoms with van der Waals surface area (Å²) < 4.78 is 3.10. The minimum atomic E-state index is -2.76. The maximum absolute atomic E-state index is 13.6. The molecule has 14 nitrogen and oxygen atoms in total. The second-order valence-corrected chi connectivity index (χ2v) is 13.6. The van der Waals surface area contributed by atoms with Gasteiger partial charge in [-0.1, -0.05) is 77.8 Å². The summed E-state index contributed by atoms with van der Waals surface area (Å²) in [5.74, 6) is -4.23. The molecular formula is C28H28Cl3N7O7. The van der Waals surface area contributed by atoms with E-state index < -0.39 is 63.8 Å². The molecule has 238 valence electrons. The Morgan fingerprint density at radius 1 is 1.11 bits per heavy atom. The number of likely N-dealkylation sites (tertiary alicyclic amines) is 1. The standard InChI is InChI=1S/C28H28Cl3N7O7/c1-14-32-22-18(11-37-20(39)9-10-21(37)40)33-24(35-25(42)45-13-26(29,30)31)38-12-19(28(43,44)27(22,38)36-14)34-23(41)17-8-4-6-15-5-2-3-7-16(15)17/h2-8,18-19,22,32,36,43-44H,1,9-13H2,(H,34,41)(H,33,35,42)/t18-,19?,22-,27?/m0/s1. The molecule has 1 spiro atoms. The first-order chi connectivity index (χ1) is 21.2. The molecule has 6 rings (SSSR count). The topological polar surface area (TPSA) is 185 Å². The van der Waals surface area contributed by atoms with Crippen LogP contribution in [0.3, 0.4) is 0 Å². The third kappa shape index (κ3) is 5.40. The summed E-state index contributed by atoms with van der Waals surface area (Å²) in [5.41, 5.74) is -1.62. The number of alkyl carbamates (subject to hydrolysis) is 1. The molecule has 0 aromatic heterocycles. The Morgan fingerprint density at radius 2 is 1.80 bits per heavy atom. The van der Waals surface area contributed by atoms with E-state index in [1.54, 1.807) is 24.3 Å². The predicted octanol–water partition coefficient (Wildman–Crippen LogP) is 0.647. The van der Waals surface area contributed by atoms with Gasteiger partial charge >= 0.3 is 6.09 Å². The number of aliphatic imine (C=N–C) groups is 1. The fourth-order valence-corrected chi connectivity index (χ4v) is 6.54. The number of hydrogen-bond donors (Lipinski definition) is 6. The number of imide groups is 1. The first-order valence-corrected chi connectivity index (χ1v) is 15.0. The van der Waals surface area contributed by atoms with E-state index in [0.29, 0.717) is 10.9 Å². The number of benzene rings is 2. The maximum Gasteiger partial charge on any atom is 0.414 e. The van der Waals surface area contributed by atoms with E-state index in [1.807, 2.05) is 18.2 Å². The number of carbonyl (C=O) groups excluding carboxylic acids is 4. The number of hydrogen-bond acceptors (Lipinski definition) is 11. The normalized spacial score (nSPS) is 27.0. The zero-order valence-corrected chi connectivity index (χ0v) is 25.7. The van der Waals surface area contributed by atoms with Crippen molar-refractivity contribution in [2.45, 2.75) is 46.2 Å². The molecule has 2 aromatic rings. The third-order valence-electron chi connectivity index (χ3n) is 8.33. The van der Waals surface area contributed by atoms with Crippen LogP contribution in [0.2, 0.25) is 0 Å². The molecule has 4 aliphatic rings. The van der Waals surface area contributed by atoms with E-state index >= 15 is 0 Å². The van der Waals surface area contributed by atoms with Crippen molar-refractivity contribution in [3.05, 3.63) is 60.4 Å². The lowest BCUT2D eigenvalue weighted by molar-refractivity contribution is -0.231. The van der Waals surface area contributed by atoms with Crippen molar-refractivity contribution in [1.29, 1.82) is 0 Å². The number of amides is 4. The van der Waals surface area contributed by atoms with E-state index in [4.69, 9.17) is 39.5 Å². The summed E-state index contributed by atoms with van der Waals surface area (Å²) in [6.45, 7) is 2.75. The summed E-state index contributed by atoms with van der Waals surface area (Å²) in [7, 11) is 0. The monoisotopic (exact) mass is 679 g/mol. The number of halogens is 3. The predicted molar refractivity (Wildman–Crippen MR) is 163 cm³/mol. The van der Waals surface area contributed by atoms with Crippen LogP contribution in [0.5, 0.6) is 0 Å². The minimum absolute atomic E-state index is 0.0241. The van der Waals surface area contributed by atoms with E-state index in [2.05, 4.69) is 32.8 Å². The molecule has 4 heterocycles. The average Bonchev–Trinajstić information content (AvgIpc) is 3.58. The van der Waals surface area contributed by atoms with Crippen LogP contribution in [-0.4, -0.2) is 103 Å². The minimum Gasteiger partial charge on any atom is -0.445 e. The lowest BCUT2D eigenvalue weighted by Gasteiger charge is -2.49. The van der Waals surface area contributed by atoms with Gasteiger partial charge in [-0.15, -0.1) is 0 Å². The lowest BCUT2D eigenvalue weighted by atomic mass is 9.85. The van der Waals surface area contributed by atoms with Crippen molar-refractivity contribution in [3.8, 4) is 0 Å². The van der Waals surface area contributed by atoms with Crippen LogP contribution in [0.25, 0.3) is 10.8 Å². The zero-order valence-electron chi connectivity index (χ0n) is 23.4. The smallest absolute Gasteiger partial charge is 0.414 e. The number of ether oxygens (including phenoxy) is 1. The fourth-order valence-electron chi connectivity index (χ4n) is 6.38. The van der Waals surface area contributed by atoms with Gasteiger partial charge in [-0.05, 0) is 16.8 Å². The first kappa shape index (κ1) is 31.2. The quantitative estimate of drug-likeness (QED) is 0.149. The van der Waals surface area contributed by atoms with Gasteiger partial charge in [-0.2, -0.15) is 0 Å². The SMILES string of the molecule is C=C1N[C@H]2[C@H](CN3C(=O)CCC3=O)N=C(NC(=O)OCC(Cl)(Cl)Cl)N3CC(NC(=O)c4cccc5ccccc45)C(O)(O)C23N1. The molecule has 4 amide bonds. The summed E-state index contributed by atoms with van der Waals surface area (Å²) in [4.78, 5) is 58.5. The van der Waals surface area contributed by atoms with Crippen LogP contribution >= 0.6 is 34.8 Å². The maximum atomic E-state index is 13.6. The van der Waals surface area contributed by atoms with E-state index in [9.17, 15) is 29.4 Å². The fraction of sp³-hybridized carbons (Fsp3) is 0.393. The molecule has 3 fully saturated rings. The van der Waals surface area contributed by atoms with Gasteiger partial charge in [-0.25, -0.2) is 9.79 Å². The Labute approximate surface area is 271 Å². The van der Waals surface area contributed by atoms with Gasteiger partial charge in [0.25, 0.3) is 5.91 Å². The Hall–Kier alpha value is -3.82. The average molecular weight is 681 g/mol. The molecular weight excluding hydrogens is 653 g/mol. The van der Waals surface area contributed by atoms with Gasteiger partial charge in [0.1, 0.15) is 12.6 Å². The van der Waals surface area contributed by atoms with Gasteiger partial charge in [0.2, 0.25) is 27.4 Å². The van der Waals surface area contributed by atoms with Crippen molar-refractivity contribution in [2.75, 3.05) is 19.7 Å². The first-order valence-electron chi connectivity index (χ1n) is 13.9. The van der Waals surface area contributed by atoms with Gasteiger partial charge in [0.15, 0.2) is 5.66 Å². The molecule has 0 saturated carbocycles. The van der Waals surface area contributed by atoms with Gasteiger partial charge in [0, 0.05) is 24.9 Å². The van der Waals surface area contributed by atoms with Crippen molar-refractivity contribution >= 4 is 75.3 Å². The Kier molecular flexibility index (Phi) is 7.77. The number of carbonyl (C=O) groups is 4. The number of aliphatic hydroxyl groups is 2. The number of nitrogens with one attached hydrogen (secondary N) is 4. The van der Waals surface area contributed by atoms with Crippen LogP contribution in [0, 0.1) is 0 Å². The number of fused-ring (bicyclic) bond motifs is 1. The summed E-state index contributed by atoms with van der Waals surface area (Å²) in [6.07, 6.45) is -1.04. The molecule has 17 heteroatoms. The summed E-state index contributed by atoms with van der Waals surface area (Å²) >= 11 is 17.1. The highest BCUT2D eigenvalue weighted by atomic mass is 35.6. The van der Waals surface area contributed by atoms with Gasteiger partial charge in [-0.3, -0.25) is 24.6 Å². The number of nitrogens with zero attached hydrogens (tertiary/aromatic N) is 3. The largest absolute Gasteiger partial charge is 0.445 e. The second-order valence-electron chi connectivity index (χ2n) is 11.1. The van der Waals surface area contributed by atoms with Crippen molar-refractivity contribution in [1.82, 2.24) is 31.1 Å². The zero-order chi connectivity index (χ0) is 32.3. The summed E-state index contributed by atoms with van der Waals surface area (Å²) in [6, 6.07) is 8.99. The van der Waals surface area contributed by atoms with Crippen molar-refractivity contribution in [2.24, 2.45) is 4.99 Å². The molecule has 4 aliphatic heterocycles. The van der Waals surface area contributed by atoms with Crippen LogP contribution in [0.15, 0.2) is 59.9 Å². The summed E-state index contributed by atoms with van der Waals surface area (Å²) in [5, 5.41) is 36.5. The molecule has 0 radical (unpaired) electrons. The molecule has 2 unspecified atom stereocenters. The number of guanidine groups is 1. The second kappa shape index (κ2) is 11.2. The number of rotatable bonds is 5. The highest BCUT2D eigenvalue weighted by molar-refractivity contribution is 6.67. The van der Waals surface area contributed by atoms with E-state index in [1.165, 1.54) is 4.90 Å². The highest BCUT2D eigenvalue weighted by Gasteiger charge is 2.74. The van der Waals surface area contributed by atoms with Gasteiger partial charge in [0.05, 0.1) is 24.4 Å². The molecule has 6 N–H and O–H groups in total. The molecule has 3 saturated heterocycles. The van der Waals surface area contributed by atoms with Crippen LogP contribution in [0.1, 0.15) is 23.2 Å². The highest BCUT2D eigenvalue weighted by Crippen LogP contribution is 2.45. The molecule has 0 aliphatic carbocycles. The molecule has 2 aromatic carbocycles. The van der Waals surface area contributed by atoms with Crippen LogP contribution < -0.4 is 21.3 Å². The molecule has 45 heavy (non-hydrogen) atoms.